The van der Waals surface area contributed by atoms with Crippen molar-refractivity contribution in [3.05, 3.63) is 101 Å². The van der Waals surface area contributed by atoms with Crippen molar-refractivity contribution >= 4 is 17.4 Å². The van der Waals surface area contributed by atoms with Crippen LogP contribution in [0.1, 0.15) is 36.6 Å². The number of hydrogen-bond donors (Lipinski definition) is 2. The SMILES string of the molecule is CC(C)COc1ccc(/C(O)=C2/C(=O)C(=O)N(Cc3ccc(F)cc3)C2c2ccc(O)cc2)cc1. The van der Waals surface area contributed by atoms with Gasteiger partial charge in [-0.2, -0.15) is 0 Å². The first-order valence-electron chi connectivity index (χ1n) is 11.3. The third-order valence-electron chi connectivity index (χ3n) is 5.73. The summed E-state index contributed by atoms with van der Waals surface area (Å²) in [6.45, 7) is 4.65. The van der Waals surface area contributed by atoms with Crippen molar-refractivity contribution in [1.82, 2.24) is 4.90 Å². The molecule has 2 N–H and O–H groups in total. The van der Waals surface area contributed by atoms with Crippen LogP contribution in [-0.2, 0) is 16.1 Å². The minimum absolute atomic E-state index is 0.0289. The van der Waals surface area contributed by atoms with Crippen molar-refractivity contribution in [2.24, 2.45) is 5.92 Å². The number of ether oxygens (including phenoxy) is 1. The zero-order chi connectivity index (χ0) is 25.1. The second kappa shape index (κ2) is 10.0. The molecular formula is C28H26FNO5. The van der Waals surface area contributed by atoms with Crippen LogP contribution >= 0.6 is 0 Å². The second-order valence-corrected chi connectivity index (χ2v) is 8.87. The first-order chi connectivity index (χ1) is 16.7. The van der Waals surface area contributed by atoms with Crippen LogP contribution in [-0.4, -0.2) is 33.4 Å². The highest BCUT2D eigenvalue weighted by molar-refractivity contribution is 6.46. The molecule has 1 aliphatic rings. The Hall–Kier alpha value is -4.13. The minimum atomic E-state index is -0.891. The van der Waals surface area contributed by atoms with Gasteiger partial charge in [0, 0.05) is 12.1 Å². The smallest absolute Gasteiger partial charge is 0.295 e. The number of aliphatic hydroxyl groups is 1. The Bertz CT molecular complexity index is 1250. The monoisotopic (exact) mass is 475 g/mol. The lowest BCUT2D eigenvalue weighted by atomic mass is 9.95. The Labute approximate surface area is 202 Å². The van der Waals surface area contributed by atoms with Gasteiger partial charge in [-0.15, -0.1) is 0 Å². The molecule has 3 aromatic rings. The molecule has 0 bridgehead atoms. The summed E-state index contributed by atoms with van der Waals surface area (Å²) in [5, 5.41) is 20.9. The number of rotatable bonds is 7. The molecule has 1 saturated heterocycles. The Kier molecular flexibility index (Phi) is 6.87. The van der Waals surface area contributed by atoms with Gasteiger partial charge in [0.2, 0.25) is 0 Å². The number of carbonyl (C=O) groups is 2. The summed E-state index contributed by atoms with van der Waals surface area (Å²) in [5.41, 5.74) is 1.48. The number of nitrogens with zero attached hydrogens (tertiary/aromatic N) is 1. The number of likely N-dealkylation sites (tertiary alicyclic amines) is 1. The summed E-state index contributed by atoms with van der Waals surface area (Å²) >= 11 is 0. The van der Waals surface area contributed by atoms with Crippen LogP contribution in [0.15, 0.2) is 78.4 Å². The van der Waals surface area contributed by atoms with E-state index in [-0.39, 0.29) is 23.6 Å². The van der Waals surface area contributed by atoms with E-state index in [1.807, 2.05) is 13.8 Å². The van der Waals surface area contributed by atoms with E-state index in [1.165, 1.54) is 29.2 Å². The van der Waals surface area contributed by atoms with E-state index in [1.54, 1.807) is 48.5 Å². The van der Waals surface area contributed by atoms with E-state index < -0.39 is 23.5 Å². The standard InChI is InChI=1S/C28H26FNO5/c1-17(2)16-35-23-13-7-20(8-14-23)26(32)24-25(19-5-11-22(31)12-6-19)30(28(34)27(24)33)15-18-3-9-21(29)10-4-18/h3-14,17,25,31-32H,15-16H2,1-2H3/b26-24-. The van der Waals surface area contributed by atoms with Gasteiger partial charge >= 0.3 is 0 Å². The number of carbonyl (C=O) groups excluding carboxylic acids is 2. The zero-order valence-corrected chi connectivity index (χ0v) is 19.4. The molecule has 0 aliphatic carbocycles. The Morgan fingerprint density at radius 2 is 1.60 bits per heavy atom. The molecule has 4 rings (SSSR count). The predicted octanol–water partition coefficient (Wildman–Crippen LogP) is 5.19. The molecule has 0 aromatic heterocycles. The van der Waals surface area contributed by atoms with E-state index in [0.29, 0.717) is 35.0 Å². The summed E-state index contributed by atoms with van der Waals surface area (Å²) in [7, 11) is 0. The van der Waals surface area contributed by atoms with Gasteiger partial charge < -0.3 is 19.8 Å². The summed E-state index contributed by atoms with van der Waals surface area (Å²) in [4.78, 5) is 27.5. The van der Waals surface area contributed by atoms with Crippen molar-refractivity contribution in [3.63, 3.8) is 0 Å². The van der Waals surface area contributed by atoms with Crippen LogP contribution in [0, 0.1) is 11.7 Å². The molecule has 1 aliphatic heterocycles. The average molecular weight is 476 g/mol. The van der Waals surface area contributed by atoms with E-state index in [4.69, 9.17) is 4.74 Å². The second-order valence-electron chi connectivity index (χ2n) is 8.87. The molecule has 1 heterocycles. The van der Waals surface area contributed by atoms with Crippen LogP contribution in [0.5, 0.6) is 11.5 Å². The highest BCUT2D eigenvalue weighted by Gasteiger charge is 2.46. The van der Waals surface area contributed by atoms with Crippen molar-refractivity contribution in [2.45, 2.75) is 26.4 Å². The molecule has 0 radical (unpaired) electrons. The fourth-order valence-electron chi connectivity index (χ4n) is 3.96. The van der Waals surface area contributed by atoms with Crippen LogP contribution in [0.4, 0.5) is 4.39 Å². The molecule has 3 aromatic carbocycles. The molecule has 180 valence electrons. The summed E-state index contributed by atoms with van der Waals surface area (Å²) in [6, 6.07) is 17.5. The fraction of sp³-hybridized carbons (Fsp3) is 0.214. The van der Waals surface area contributed by atoms with Crippen molar-refractivity contribution in [1.29, 1.82) is 0 Å². The van der Waals surface area contributed by atoms with Gasteiger partial charge in [0.1, 0.15) is 23.1 Å². The molecule has 35 heavy (non-hydrogen) atoms. The van der Waals surface area contributed by atoms with Gasteiger partial charge in [0.15, 0.2) is 0 Å². The maximum absolute atomic E-state index is 13.4. The summed E-state index contributed by atoms with van der Waals surface area (Å²) in [6.07, 6.45) is 0. The molecular weight excluding hydrogens is 449 g/mol. The normalized spacial score (nSPS) is 17.3. The Morgan fingerprint density at radius 1 is 0.971 bits per heavy atom. The summed E-state index contributed by atoms with van der Waals surface area (Å²) in [5.74, 6) is -1.30. The van der Waals surface area contributed by atoms with E-state index in [9.17, 15) is 24.2 Å². The number of halogens is 1. The van der Waals surface area contributed by atoms with Gasteiger partial charge in [0.25, 0.3) is 11.7 Å². The number of phenols is 1. The topological polar surface area (TPSA) is 87.1 Å². The lowest BCUT2D eigenvalue weighted by Crippen LogP contribution is -2.29. The van der Waals surface area contributed by atoms with Crippen molar-refractivity contribution in [2.75, 3.05) is 6.61 Å². The number of ketones is 1. The van der Waals surface area contributed by atoms with Crippen molar-refractivity contribution < 1.29 is 28.9 Å². The minimum Gasteiger partial charge on any atom is -0.508 e. The van der Waals surface area contributed by atoms with Crippen LogP contribution in [0.3, 0.4) is 0 Å². The number of aliphatic hydroxyl groups excluding tert-OH is 1. The fourth-order valence-corrected chi connectivity index (χ4v) is 3.96. The first-order valence-corrected chi connectivity index (χ1v) is 11.3. The highest BCUT2D eigenvalue weighted by Crippen LogP contribution is 2.40. The zero-order valence-electron chi connectivity index (χ0n) is 19.4. The van der Waals surface area contributed by atoms with Gasteiger partial charge in [0.05, 0.1) is 18.2 Å². The van der Waals surface area contributed by atoms with Gasteiger partial charge in [-0.1, -0.05) is 38.1 Å². The number of benzene rings is 3. The highest BCUT2D eigenvalue weighted by atomic mass is 19.1. The molecule has 6 nitrogen and oxygen atoms in total. The quantitative estimate of drug-likeness (QED) is 0.279. The van der Waals surface area contributed by atoms with Gasteiger partial charge in [-0.05, 0) is 65.6 Å². The largest absolute Gasteiger partial charge is 0.508 e. The van der Waals surface area contributed by atoms with E-state index in [0.717, 1.165) is 0 Å². The number of hydrogen-bond acceptors (Lipinski definition) is 5. The molecule has 1 amide bonds. The van der Waals surface area contributed by atoms with Crippen LogP contribution < -0.4 is 4.74 Å². The average Bonchev–Trinajstić information content (AvgIpc) is 3.09. The van der Waals surface area contributed by atoms with Crippen molar-refractivity contribution in [3.8, 4) is 11.5 Å². The van der Waals surface area contributed by atoms with Gasteiger partial charge in [-0.3, -0.25) is 9.59 Å². The van der Waals surface area contributed by atoms with Crippen LogP contribution in [0.2, 0.25) is 0 Å². The van der Waals surface area contributed by atoms with E-state index in [2.05, 4.69) is 0 Å². The third-order valence-corrected chi connectivity index (χ3v) is 5.73. The van der Waals surface area contributed by atoms with Crippen LogP contribution in [0.25, 0.3) is 5.76 Å². The number of Topliss-reactive ketones (excluding diaryl/α,β-unsaturated/α-hetero) is 1. The molecule has 7 heteroatoms. The summed E-state index contributed by atoms with van der Waals surface area (Å²) < 4.78 is 19.1. The number of phenolic OH excluding ortho intramolecular Hbond substituents is 1. The Morgan fingerprint density at radius 3 is 2.20 bits per heavy atom. The number of aromatic hydroxyl groups is 1. The first kappa shape index (κ1) is 24.0. The maximum atomic E-state index is 13.4. The lowest BCUT2D eigenvalue weighted by Gasteiger charge is -2.25. The molecule has 0 spiro atoms. The molecule has 0 saturated carbocycles. The Balaban J connectivity index is 1.75. The molecule has 1 unspecified atom stereocenters. The lowest BCUT2D eigenvalue weighted by molar-refractivity contribution is -0.140. The predicted molar refractivity (Wildman–Crippen MR) is 129 cm³/mol. The maximum Gasteiger partial charge on any atom is 0.295 e. The third kappa shape index (κ3) is 5.19. The molecule has 1 fully saturated rings. The van der Waals surface area contributed by atoms with Gasteiger partial charge in [-0.25, -0.2) is 4.39 Å². The molecule has 1 atom stereocenters. The van der Waals surface area contributed by atoms with E-state index >= 15 is 0 Å². The number of amides is 1.